The van der Waals surface area contributed by atoms with Gasteiger partial charge in [-0.3, -0.25) is 4.79 Å². The van der Waals surface area contributed by atoms with Crippen molar-refractivity contribution in [2.24, 2.45) is 0 Å². The van der Waals surface area contributed by atoms with Gasteiger partial charge in [0.2, 0.25) is 0 Å². The number of fused-ring (bicyclic) bond motifs is 3. The molecule has 4 aromatic rings. The van der Waals surface area contributed by atoms with Gasteiger partial charge in [-0.05, 0) is 50.2 Å². The van der Waals surface area contributed by atoms with Crippen molar-refractivity contribution in [3.05, 3.63) is 118 Å². The molecule has 2 N–H and O–H groups in total. The van der Waals surface area contributed by atoms with Crippen LogP contribution in [0, 0.1) is 0 Å². The molecule has 1 amide bonds. The van der Waals surface area contributed by atoms with E-state index >= 15 is 0 Å². The largest absolute Gasteiger partial charge is 0.481 e. The van der Waals surface area contributed by atoms with E-state index in [0.717, 1.165) is 22.3 Å². The van der Waals surface area contributed by atoms with Crippen LogP contribution in [0.15, 0.2) is 95.7 Å². The van der Waals surface area contributed by atoms with Crippen LogP contribution in [0.3, 0.4) is 0 Å². The first-order chi connectivity index (χ1) is 16.6. The van der Waals surface area contributed by atoms with Gasteiger partial charge >= 0.3 is 12.1 Å². The molecular weight excluding hydrogens is 446 g/mol. The zero-order valence-electron chi connectivity index (χ0n) is 18.3. The number of nitrogens with one attached hydrogen (secondary N) is 1. The van der Waals surface area contributed by atoms with Gasteiger partial charge in [-0.2, -0.15) is 11.3 Å². The van der Waals surface area contributed by atoms with Crippen molar-refractivity contribution < 1.29 is 19.4 Å². The van der Waals surface area contributed by atoms with Gasteiger partial charge < -0.3 is 15.2 Å². The summed E-state index contributed by atoms with van der Waals surface area (Å²) >= 11 is 1.42. The zero-order chi connectivity index (χ0) is 23.5. The summed E-state index contributed by atoms with van der Waals surface area (Å²) in [5, 5.41) is 16.5. The number of carboxylic acid groups (broad SMARTS) is 1. The topological polar surface area (TPSA) is 75.6 Å². The molecule has 1 aliphatic carbocycles. The van der Waals surface area contributed by atoms with E-state index in [1.54, 1.807) is 11.4 Å². The first-order valence-electron chi connectivity index (χ1n) is 11.0. The maximum Gasteiger partial charge on any atom is 0.407 e. The first kappa shape index (κ1) is 21.9. The molecular formula is C28H23NO4S. The monoisotopic (exact) mass is 469 g/mol. The second-order valence-electron chi connectivity index (χ2n) is 8.23. The van der Waals surface area contributed by atoms with E-state index in [2.05, 4.69) is 29.6 Å². The van der Waals surface area contributed by atoms with Gasteiger partial charge in [0.1, 0.15) is 12.5 Å². The Kier molecular flexibility index (Phi) is 6.14. The summed E-state index contributed by atoms with van der Waals surface area (Å²) in [4.78, 5) is 25.2. The Labute approximate surface area is 201 Å². The molecule has 3 aromatic carbocycles. The number of carbonyl (C=O) groups excluding carboxylic acids is 1. The van der Waals surface area contributed by atoms with E-state index in [1.165, 1.54) is 11.3 Å². The number of amides is 1. The molecule has 0 spiro atoms. The molecule has 5 nitrogen and oxygen atoms in total. The number of rotatable bonds is 7. The third kappa shape index (κ3) is 4.20. The third-order valence-electron chi connectivity index (χ3n) is 6.28. The van der Waals surface area contributed by atoms with Crippen LogP contribution >= 0.6 is 11.3 Å². The zero-order valence-corrected chi connectivity index (χ0v) is 19.1. The molecule has 1 aromatic heterocycles. The number of carbonyl (C=O) groups is 2. The predicted octanol–water partition coefficient (Wildman–Crippen LogP) is 6.20. The summed E-state index contributed by atoms with van der Waals surface area (Å²) in [6.07, 6.45) is -0.641. The van der Waals surface area contributed by atoms with Gasteiger partial charge in [0, 0.05) is 5.92 Å². The Bertz CT molecular complexity index is 1260. The quantitative estimate of drug-likeness (QED) is 0.338. The normalized spacial score (nSPS) is 14.0. The molecule has 0 saturated carbocycles. The summed E-state index contributed by atoms with van der Waals surface area (Å²) in [6.45, 7) is 0.164. The lowest BCUT2D eigenvalue weighted by molar-refractivity contribution is -0.139. The predicted molar refractivity (Wildman–Crippen MR) is 132 cm³/mol. The number of alkyl carbamates (subject to hydrolysis) is 1. The fraction of sp³-hybridized carbons (Fsp3) is 0.143. The third-order valence-corrected chi connectivity index (χ3v) is 6.98. The van der Waals surface area contributed by atoms with Crippen molar-refractivity contribution in [1.82, 2.24) is 5.32 Å². The number of ether oxygens (including phenoxy) is 1. The molecule has 0 fully saturated rings. The fourth-order valence-corrected chi connectivity index (χ4v) is 5.41. The standard InChI is InChI=1S/C28H23NO4S/c30-27(31)25(19-14-15-34-17-19)26(18-8-2-1-3-9-18)29-28(32)33-16-24-22-12-6-4-10-20(22)21-11-5-7-13-23(21)24/h1-15,17,24-26H,16H2,(H,29,32)(H,30,31). The number of carboxylic acids is 1. The van der Waals surface area contributed by atoms with Gasteiger partial charge in [0.25, 0.3) is 0 Å². The van der Waals surface area contributed by atoms with Crippen LogP contribution in [0.4, 0.5) is 4.79 Å². The summed E-state index contributed by atoms with van der Waals surface area (Å²) in [6, 6.07) is 26.4. The highest BCUT2D eigenvalue weighted by atomic mass is 32.1. The molecule has 6 heteroatoms. The average Bonchev–Trinajstić information content (AvgIpc) is 3.49. The second-order valence-corrected chi connectivity index (χ2v) is 9.01. The lowest BCUT2D eigenvalue weighted by Crippen LogP contribution is -2.36. The van der Waals surface area contributed by atoms with Crippen molar-refractivity contribution in [2.75, 3.05) is 6.61 Å². The summed E-state index contributed by atoms with van der Waals surface area (Å²) < 4.78 is 5.70. The van der Waals surface area contributed by atoms with Gasteiger partial charge in [-0.25, -0.2) is 4.79 Å². The summed E-state index contributed by atoms with van der Waals surface area (Å²) in [5.41, 5.74) is 5.89. The Hall–Kier alpha value is -3.90. The molecule has 0 saturated heterocycles. The van der Waals surface area contributed by atoms with E-state index in [1.807, 2.05) is 60.0 Å². The van der Waals surface area contributed by atoms with Crippen molar-refractivity contribution >= 4 is 23.4 Å². The lowest BCUT2D eigenvalue weighted by Gasteiger charge is -2.25. The molecule has 1 heterocycles. The van der Waals surface area contributed by atoms with E-state index < -0.39 is 24.0 Å². The van der Waals surface area contributed by atoms with Gasteiger partial charge in [0.05, 0.1) is 6.04 Å². The Balaban J connectivity index is 1.37. The van der Waals surface area contributed by atoms with E-state index in [-0.39, 0.29) is 12.5 Å². The van der Waals surface area contributed by atoms with Crippen molar-refractivity contribution in [3.8, 4) is 11.1 Å². The van der Waals surface area contributed by atoms with Crippen LogP contribution in [0.25, 0.3) is 11.1 Å². The van der Waals surface area contributed by atoms with Crippen LogP contribution < -0.4 is 5.32 Å². The Morgan fingerprint density at radius 1 is 0.853 bits per heavy atom. The number of benzene rings is 3. The highest BCUT2D eigenvalue weighted by molar-refractivity contribution is 7.08. The Morgan fingerprint density at radius 3 is 2.06 bits per heavy atom. The maximum absolute atomic E-state index is 13.0. The van der Waals surface area contributed by atoms with Gasteiger partial charge in [-0.1, -0.05) is 78.9 Å². The summed E-state index contributed by atoms with van der Waals surface area (Å²) in [5.74, 6) is -2.01. The summed E-state index contributed by atoms with van der Waals surface area (Å²) in [7, 11) is 0. The van der Waals surface area contributed by atoms with E-state index in [4.69, 9.17) is 4.74 Å². The number of aliphatic carboxylic acids is 1. The molecule has 0 aliphatic heterocycles. The molecule has 2 atom stereocenters. The van der Waals surface area contributed by atoms with Crippen molar-refractivity contribution in [2.45, 2.75) is 17.9 Å². The molecule has 34 heavy (non-hydrogen) atoms. The minimum atomic E-state index is -1.01. The molecule has 1 aliphatic rings. The highest BCUT2D eigenvalue weighted by Crippen LogP contribution is 2.44. The van der Waals surface area contributed by atoms with E-state index in [0.29, 0.717) is 11.1 Å². The minimum Gasteiger partial charge on any atom is -0.481 e. The minimum absolute atomic E-state index is 0.0690. The molecule has 0 radical (unpaired) electrons. The van der Waals surface area contributed by atoms with Crippen molar-refractivity contribution in [3.63, 3.8) is 0 Å². The van der Waals surface area contributed by atoms with Gasteiger partial charge in [0.15, 0.2) is 0 Å². The smallest absolute Gasteiger partial charge is 0.407 e. The number of hydrogen-bond acceptors (Lipinski definition) is 4. The van der Waals surface area contributed by atoms with Crippen LogP contribution in [0.1, 0.15) is 40.1 Å². The lowest BCUT2D eigenvalue weighted by atomic mass is 9.88. The molecule has 0 bridgehead atoms. The van der Waals surface area contributed by atoms with Gasteiger partial charge in [-0.15, -0.1) is 0 Å². The first-order valence-corrected chi connectivity index (χ1v) is 12.0. The van der Waals surface area contributed by atoms with Crippen LogP contribution in [-0.2, 0) is 9.53 Å². The van der Waals surface area contributed by atoms with E-state index in [9.17, 15) is 14.7 Å². The molecule has 170 valence electrons. The maximum atomic E-state index is 13.0. The van der Waals surface area contributed by atoms with Crippen LogP contribution in [0.5, 0.6) is 0 Å². The van der Waals surface area contributed by atoms with Crippen LogP contribution in [-0.4, -0.2) is 23.8 Å². The van der Waals surface area contributed by atoms with Crippen molar-refractivity contribution in [1.29, 1.82) is 0 Å². The SMILES string of the molecule is O=C(NC(c1ccccc1)C(C(=O)O)c1ccsc1)OCC1c2ccccc2-c2ccccc21. The molecule has 2 unspecified atom stereocenters. The molecule has 5 rings (SSSR count). The highest BCUT2D eigenvalue weighted by Gasteiger charge is 2.34. The Morgan fingerprint density at radius 2 is 1.47 bits per heavy atom. The van der Waals surface area contributed by atoms with Crippen LogP contribution in [0.2, 0.25) is 0 Å². The number of hydrogen-bond donors (Lipinski definition) is 2. The fourth-order valence-electron chi connectivity index (χ4n) is 4.72. The number of thiophene rings is 1. The second kappa shape index (κ2) is 9.53. The average molecular weight is 470 g/mol.